The normalized spacial score (nSPS) is 19.2. The third kappa shape index (κ3) is 3.78. The fraction of sp³-hybridized carbons (Fsp3) is 0.222. The first-order chi connectivity index (χ1) is 16.0. The second kappa shape index (κ2) is 8.20. The minimum Gasteiger partial charge on any atom is -0.497 e. The van der Waals surface area contributed by atoms with Gasteiger partial charge in [-0.05, 0) is 24.3 Å². The predicted octanol–water partition coefficient (Wildman–Crippen LogP) is 4.18. The molecule has 1 fully saturated rings. The molecular weight excluding hydrogens is 418 g/mol. The summed E-state index contributed by atoms with van der Waals surface area (Å²) in [6, 6.07) is 21.0. The Balaban J connectivity index is 1.39. The highest BCUT2D eigenvalue weighted by Gasteiger charge is 2.47. The summed E-state index contributed by atoms with van der Waals surface area (Å²) in [5, 5.41) is 0. The topological polar surface area (TPSA) is 72.9 Å². The molecular formula is C27H23NO5. The maximum absolute atomic E-state index is 13.5. The van der Waals surface area contributed by atoms with Crippen LogP contribution in [-0.4, -0.2) is 48.2 Å². The fourth-order valence-electron chi connectivity index (χ4n) is 4.63. The molecule has 6 heteroatoms. The molecule has 0 radical (unpaired) electrons. The molecule has 1 unspecified atom stereocenters. The van der Waals surface area contributed by atoms with Gasteiger partial charge in [-0.25, -0.2) is 0 Å². The first-order valence-corrected chi connectivity index (χ1v) is 10.9. The lowest BCUT2D eigenvalue weighted by atomic mass is 9.89. The van der Waals surface area contributed by atoms with Gasteiger partial charge in [0.2, 0.25) is 0 Å². The zero-order valence-corrected chi connectivity index (χ0v) is 18.2. The number of methoxy groups -OCH3 is 1. The molecule has 33 heavy (non-hydrogen) atoms. The van der Waals surface area contributed by atoms with E-state index in [9.17, 15) is 14.4 Å². The monoisotopic (exact) mass is 441 g/mol. The Morgan fingerprint density at radius 2 is 1.70 bits per heavy atom. The lowest BCUT2D eigenvalue weighted by Gasteiger charge is -2.34. The van der Waals surface area contributed by atoms with Gasteiger partial charge < -0.3 is 14.4 Å². The van der Waals surface area contributed by atoms with E-state index in [1.165, 1.54) is 0 Å². The van der Waals surface area contributed by atoms with E-state index in [4.69, 9.17) is 9.47 Å². The van der Waals surface area contributed by atoms with Crippen molar-refractivity contribution in [2.24, 2.45) is 0 Å². The number of carbonyl (C=O) groups excluding carboxylic acids is 3. The van der Waals surface area contributed by atoms with Crippen LogP contribution >= 0.6 is 0 Å². The number of amides is 1. The minimum absolute atomic E-state index is 0.0240. The number of Topliss-reactive ketones (excluding diaryl/α,β-unsaturated/α-hetero) is 1. The first kappa shape index (κ1) is 20.9. The summed E-state index contributed by atoms with van der Waals surface area (Å²) >= 11 is 0. The molecule has 0 aromatic heterocycles. The summed E-state index contributed by atoms with van der Waals surface area (Å²) < 4.78 is 11.5. The number of likely N-dealkylation sites (tertiary alicyclic amines) is 1. The fourth-order valence-corrected chi connectivity index (χ4v) is 4.63. The van der Waals surface area contributed by atoms with E-state index in [2.05, 4.69) is 0 Å². The number of rotatable bonds is 4. The van der Waals surface area contributed by atoms with Crippen LogP contribution in [0.5, 0.6) is 11.5 Å². The Kier molecular flexibility index (Phi) is 5.21. The lowest BCUT2D eigenvalue weighted by molar-refractivity contribution is 0.0427. The third-order valence-corrected chi connectivity index (χ3v) is 6.34. The van der Waals surface area contributed by atoms with E-state index in [-0.39, 0.29) is 30.4 Å². The van der Waals surface area contributed by atoms with Gasteiger partial charge in [-0.2, -0.15) is 0 Å². The van der Waals surface area contributed by atoms with Crippen LogP contribution in [0.1, 0.15) is 49.5 Å². The third-order valence-electron chi connectivity index (χ3n) is 6.34. The summed E-state index contributed by atoms with van der Waals surface area (Å²) in [5.74, 6) is 0.665. The van der Waals surface area contributed by atoms with Crippen molar-refractivity contribution in [3.8, 4) is 11.5 Å². The van der Waals surface area contributed by atoms with Crippen LogP contribution in [-0.2, 0) is 0 Å². The number of fused-ring (bicyclic) bond motifs is 1. The largest absolute Gasteiger partial charge is 0.497 e. The standard InChI is InChI=1S/C27H23NO5/c1-32-19-11-12-24-22(15-19)23(29)16-27(33-24)13-14-28(17-27)26(31)21-10-6-5-9-20(21)25(30)18-7-3-2-4-8-18/h2-12,15H,13-14,16-17H2,1H3. The molecule has 0 saturated carbocycles. The molecule has 166 valence electrons. The number of hydrogen-bond donors (Lipinski definition) is 0. The SMILES string of the molecule is COc1ccc2c(c1)C(=O)CC1(CCN(C(=O)c3ccccc3C(=O)c3ccccc3)C1)O2. The average Bonchev–Trinajstić information content (AvgIpc) is 3.26. The molecule has 1 amide bonds. The van der Waals surface area contributed by atoms with E-state index < -0.39 is 5.60 Å². The zero-order chi connectivity index (χ0) is 23.0. The molecule has 2 heterocycles. The van der Waals surface area contributed by atoms with Crippen LogP contribution in [0.4, 0.5) is 0 Å². The molecule has 0 N–H and O–H groups in total. The van der Waals surface area contributed by atoms with Gasteiger partial charge in [-0.3, -0.25) is 14.4 Å². The van der Waals surface area contributed by atoms with Gasteiger partial charge in [0, 0.05) is 24.1 Å². The molecule has 1 atom stereocenters. The number of nitrogens with zero attached hydrogens (tertiary/aromatic N) is 1. The van der Waals surface area contributed by atoms with Crippen LogP contribution in [0, 0.1) is 0 Å². The van der Waals surface area contributed by atoms with Gasteiger partial charge >= 0.3 is 0 Å². The van der Waals surface area contributed by atoms with E-state index in [1.54, 1.807) is 78.7 Å². The highest BCUT2D eigenvalue weighted by molar-refractivity contribution is 6.15. The lowest BCUT2D eigenvalue weighted by Crippen LogP contribution is -2.45. The van der Waals surface area contributed by atoms with Crippen molar-refractivity contribution in [2.75, 3.05) is 20.2 Å². The van der Waals surface area contributed by atoms with Crippen LogP contribution < -0.4 is 9.47 Å². The molecule has 1 spiro atoms. The molecule has 3 aromatic rings. The first-order valence-electron chi connectivity index (χ1n) is 10.9. The van der Waals surface area contributed by atoms with Gasteiger partial charge in [-0.1, -0.05) is 48.5 Å². The van der Waals surface area contributed by atoms with E-state index in [0.29, 0.717) is 46.7 Å². The summed E-state index contributed by atoms with van der Waals surface area (Å²) in [5.41, 5.74) is 1.00. The Morgan fingerprint density at radius 3 is 2.45 bits per heavy atom. The van der Waals surface area contributed by atoms with Gasteiger partial charge in [0.1, 0.15) is 17.1 Å². The van der Waals surface area contributed by atoms with E-state index in [0.717, 1.165) is 0 Å². The van der Waals surface area contributed by atoms with Gasteiger partial charge in [-0.15, -0.1) is 0 Å². The van der Waals surface area contributed by atoms with Crippen molar-refractivity contribution in [1.29, 1.82) is 0 Å². The summed E-state index contributed by atoms with van der Waals surface area (Å²) in [6.07, 6.45) is 0.742. The van der Waals surface area contributed by atoms with Crippen molar-refractivity contribution in [3.05, 3.63) is 95.1 Å². The Hall–Kier alpha value is -3.93. The van der Waals surface area contributed by atoms with Gasteiger partial charge in [0.25, 0.3) is 5.91 Å². The minimum atomic E-state index is -0.757. The molecule has 6 nitrogen and oxygen atoms in total. The smallest absolute Gasteiger partial charge is 0.254 e. The van der Waals surface area contributed by atoms with Crippen molar-refractivity contribution in [2.45, 2.75) is 18.4 Å². The van der Waals surface area contributed by atoms with Gasteiger partial charge in [0.15, 0.2) is 11.6 Å². The molecule has 1 saturated heterocycles. The molecule has 3 aromatic carbocycles. The molecule has 2 aliphatic rings. The van der Waals surface area contributed by atoms with Crippen molar-refractivity contribution >= 4 is 17.5 Å². The van der Waals surface area contributed by atoms with Crippen molar-refractivity contribution in [3.63, 3.8) is 0 Å². The van der Waals surface area contributed by atoms with Crippen molar-refractivity contribution < 1.29 is 23.9 Å². The van der Waals surface area contributed by atoms with Crippen LogP contribution in [0.15, 0.2) is 72.8 Å². The van der Waals surface area contributed by atoms with E-state index >= 15 is 0 Å². The second-order valence-corrected chi connectivity index (χ2v) is 8.46. The van der Waals surface area contributed by atoms with Crippen LogP contribution in [0.25, 0.3) is 0 Å². The molecule has 5 rings (SSSR count). The van der Waals surface area contributed by atoms with Crippen LogP contribution in [0.2, 0.25) is 0 Å². The predicted molar refractivity (Wildman–Crippen MR) is 122 cm³/mol. The number of benzene rings is 3. The molecule has 2 aliphatic heterocycles. The summed E-state index contributed by atoms with van der Waals surface area (Å²) in [4.78, 5) is 41.1. The highest BCUT2D eigenvalue weighted by Crippen LogP contribution is 2.40. The average molecular weight is 441 g/mol. The molecule has 0 bridgehead atoms. The quantitative estimate of drug-likeness (QED) is 0.568. The summed E-state index contributed by atoms with van der Waals surface area (Å²) in [7, 11) is 1.55. The van der Waals surface area contributed by atoms with Crippen molar-refractivity contribution in [1.82, 2.24) is 4.90 Å². The van der Waals surface area contributed by atoms with Gasteiger partial charge in [0.05, 0.1) is 31.2 Å². The highest BCUT2D eigenvalue weighted by atomic mass is 16.5. The Morgan fingerprint density at radius 1 is 0.970 bits per heavy atom. The number of hydrogen-bond acceptors (Lipinski definition) is 5. The zero-order valence-electron chi connectivity index (χ0n) is 18.2. The Labute approximate surface area is 191 Å². The van der Waals surface area contributed by atoms with Crippen LogP contribution in [0.3, 0.4) is 0 Å². The summed E-state index contributed by atoms with van der Waals surface area (Å²) in [6.45, 7) is 0.738. The second-order valence-electron chi connectivity index (χ2n) is 8.46. The maximum atomic E-state index is 13.5. The number of carbonyl (C=O) groups is 3. The number of ether oxygens (including phenoxy) is 2. The Bertz CT molecular complexity index is 1250. The molecule has 0 aliphatic carbocycles. The number of ketones is 2. The maximum Gasteiger partial charge on any atom is 0.254 e. The van der Waals surface area contributed by atoms with E-state index in [1.807, 2.05) is 6.07 Å².